The Morgan fingerprint density at radius 3 is 2.32 bits per heavy atom. The fourth-order valence-electron chi connectivity index (χ4n) is 4.30. The third-order valence-corrected chi connectivity index (χ3v) is 6.16. The number of piperazine rings is 1. The van der Waals surface area contributed by atoms with Gasteiger partial charge in [-0.1, -0.05) is 0 Å². The van der Waals surface area contributed by atoms with Crippen LogP contribution in [0.15, 0.2) is 12.3 Å². The highest BCUT2D eigenvalue weighted by Crippen LogP contribution is 2.32. The van der Waals surface area contributed by atoms with Gasteiger partial charge in [0.25, 0.3) is 12.9 Å². The summed E-state index contributed by atoms with van der Waals surface area (Å²) in [5, 5.41) is 8.64. The first-order chi connectivity index (χ1) is 16.2. The molecule has 4 heterocycles. The van der Waals surface area contributed by atoms with Gasteiger partial charge in [-0.05, 0) is 26.8 Å². The van der Waals surface area contributed by atoms with Gasteiger partial charge >= 0.3 is 0 Å². The minimum atomic E-state index is -3.01. The largest absolute Gasteiger partial charge is 0.339 e. The minimum absolute atomic E-state index is 0.0139. The van der Waals surface area contributed by atoms with Crippen molar-refractivity contribution >= 4 is 16.9 Å². The summed E-state index contributed by atoms with van der Waals surface area (Å²) in [4.78, 5) is 20.7. The molecule has 1 aliphatic heterocycles. The van der Waals surface area contributed by atoms with E-state index in [0.717, 1.165) is 29.0 Å². The van der Waals surface area contributed by atoms with Crippen molar-refractivity contribution in [3.63, 3.8) is 0 Å². The van der Waals surface area contributed by atoms with Crippen LogP contribution in [0.4, 0.5) is 17.6 Å². The van der Waals surface area contributed by atoms with Crippen molar-refractivity contribution in [2.24, 2.45) is 0 Å². The standard InChI is InChI=1S/C22H27F4N7O/c1-4-32-11-15(13(2)28-32)10-30-5-7-31(8-6-30)18(34)12-33-22-19(14(3)29-33)16(20(23)24)9-17(27-22)21(25)26/h9,11,20-21H,4-8,10,12H2,1-3H3. The molecule has 184 valence electrons. The maximum absolute atomic E-state index is 13.5. The lowest BCUT2D eigenvalue weighted by Crippen LogP contribution is -2.49. The van der Waals surface area contributed by atoms with Crippen LogP contribution in [0.25, 0.3) is 11.0 Å². The van der Waals surface area contributed by atoms with Gasteiger partial charge in [-0.2, -0.15) is 10.2 Å². The number of carbonyl (C=O) groups is 1. The second-order valence-corrected chi connectivity index (χ2v) is 8.43. The summed E-state index contributed by atoms with van der Waals surface area (Å²) < 4.78 is 56.6. The van der Waals surface area contributed by atoms with E-state index >= 15 is 0 Å². The van der Waals surface area contributed by atoms with Crippen LogP contribution in [0.5, 0.6) is 0 Å². The Bertz CT molecular complexity index is 1180. The normalized spacial score (nSPS) is 15.3. The number of carbonyl (C=O) groups excluding carboxylic acids is 1. The first-order valence-electron chi connectivity index (χ1n) is 11.1. The highest BCUT2D eigenvalue weighted by atomic mass is 19.3. The van der Waals surface area contributed by atoms with Crippen molar-refractivity contribution in [2.75, 3.05) is 26.2 Å². The van der Waals surface area contributed by atoms with Crippen molar-refractivity contribution < 1.29 is 22.4 Å². The van der Waals surface area contributed by atoms with Crippen molar-refractivity contribution in [3.8, 4) is 0 Å². The summed E-state index contributed by atoms with van der Waals surface area (Å²) in [5.74, 6) is -0.262. The van der Waals surface area contributed by atoms with Gasteiger partial charge < -0.3 is 4.90 Å². The third kappa shape index (κ3) is 4.77. The highest BCUT2D eigenvalue weighted by Gasteiger charge is 2.26. The number of amides is 1. The zero-order valence-electron chi connectivity index (χ0n) is 19.3. The van der Waals surface area contributed by atoms with Gasteiger partial charge in [0, 0.05) is 56.6 Å². The summed E-state index contributed by atoms with van der Waals surface area (Å²) in [6.45, 7) is 9.13. The second-order valence-electron chi connectivity index (χ2n) is 8.43. The van der Waals surface area contributed by atoms with E-state index in [0.29, 0.717) is 32.2 Å². The summed E-state index contributed by atoms with van der Waals surface area (Å²) in [6, 6.07) is 0.712. The Morgan fingerprint density at radius 1 is 1.03 bits per heavy atom. The van der Waals surface area contributed by atoms with E-state index in [-0.39, 0.29) is 29.2 Å². The van der Waals surface area contributed by atoms with Gasteiger partial charge in [0.1, 0.15) is 12.2 Å². The fourth-order valence-corrected chi connectivity index (χ4v) is 4.30. The van der Waals surface area contributed by atoms with E-state index in [1.165, 1.54) is 6.92 Å². The molecule has 4 rings (SSSR count). The molecule has 3 aromatic rings. The monoisotopic (exact) mass is 481 g/mol. The Kier molecular flexibility index (Phi) is 6.87. The third-order valence-electron chi connectivity index (χ3n) is 6.16. The lowest BCUT2D eigenvalue weighted by atomic mass is 10.1. The average Bonchev–Trinajstić information content (AvgIpc) is 3.32. The Hall–Kier alpha value is -3.02. The second kappa shape index (κ2) is 9.69. The van der Waals surface area contributed by atoms with Gasteiger partial charge in [0.15, 0.2) is 5.65 Å². The molecule has 0 unspecified atom stereocenters. The van der Waals surface area contributed by atoms with Crippen LogP contribution in [0.2, 0.25) is 0 Å². The molecule has 1 aliphatic rings. The number of hydrogen-bond donors (Lipinski definition) is 0. The molecule has 0 aliphatic carbocycles. The van der Waals surface area contributed by atoms with Gasteiger partial charge in [-0.25, -0.2) is 27.2 Å². The number of halogens is 4. The topological polar surface area (TPSA) is 72.1 Å². The molecule has 0 radical (unpaired) electrons. The summed E-state index contributed by atoms with van der Waals surface area (Å²) in [7, 11) is 0. The molecule has 0 atom stereocenters. The first-order valence-corrected chi connectivity index (χ1v) is 11.1. The molecule has 0 bridgehead atoms. The molecule has 34 heavy (non-hydrogen) atoms. The number of aryl methyl sites for hydroxylation is 3. The Labute approximate surface area is 194 Å². The lowest BCUT2D eigenvalue weighted by molar-refractivity contribution is -0.133. The van der Waals surface area contributed by atoms with E-state index in [9.17, 15) is 22.4 Å². The van der Waals surface area contributed by atoms with Crippen molar-refractivity contribution in [2.45, 2.75) is 53.3 Å². The molecule has 0 saturated carbocycles. The SMILES string of the molecule is CCn1cc(CN2CCN(C(=O)Cn3nc(C)c4c(C(F)F)cc(C(F)F)nc43)CC2)c(C)n1. The van der Waals surface area contributed by atoms with Crippen LogP contribution in [-0.4, -0.2) is 66.4 Å². The van der Waals surface area contributed by atoms with Gasteiger partial charge in [-0.15, -0.1) is 0 Å². The molecular weight excluding hydrogens is 454 g/mol. The minimum Gasteiger partial charge on any atom is -0.339 e. The number of pyridine rings is 1. The zero-order chi connectivity index (χ0) is 24.6. The maximum Gasteiger partial charge on any atom is 0.280 e. The summed E-state index contributed by atoms with van der Waals surface area (Å²) in [5.41, 5.74) is 0.926. The number of rotatable bonds is 7. The number of hydrogen-bond acceptors (Lipinski definition) is 5. The fraction of sp³-hybridized carbons (Fsp3) is 0.545. The summed E-state index contributed by atoms with van der Waals surface area (Å²) >= 11 is 0. The van der Waals surface area contributed by atoms with E-state index in [2.05, 4.69) is 20.1 Å². The molecular formula is C22H27F4N7O. The maximum atomic E-state index is 13.5. The molecule has 12 heteroatoms. The molecule has 0 spiro atoms. The Balaban J connectivity index is 1.46. The molecule has 0 N–H and O–H groups in total. The molecule has 1 saturated heterocycles. The van der Waals surface area contributed by atoms with Crippen LogP contribution in [0.1, 0.15) is 48.0 Å². The van der Waals surface area contributed by atoms with Crippen molar-refractivity contribution in [1.82, 2.24) is 34.3 Å². The smallest absolute Gasteiger partial charge is 0.280 e. The van der Waals surface area contributed by atoms with Gasteiger partial charge in [0.2, 0.25) is 5.91 Å². The quantitative estimate of drug-likeness (QED) is 0.483. The van der Waals surface area contributed by atoms with Crippen LogP contribution >= 0.6 is 0 Å². The lowest BCUT2D eigenvalue weighted by Gasteiger charge is -2.34. The number of fused-ring (bicyclic) bond motifs is 1. The van der Waals surface area contributed by atoms with Crippen molar-refractivity contribution in [1.29, 1.82) is 0 Å². The van der Waals surface area contributed by atoms with Gasteiger partial charge in [-0.3, -0.25) is 14.4 Å². The van der Waals surface area contributed by atoms with Crippen molar-refractivity contribution in [3.05, 3.63) is 40.5 Å². The number of aromatic nitrogens is 5. The van der Waals surface area contributed by atoms with Crippen LogP contribution in [-0.2, 0) is 24.4 Å². The number of nitrogens with zero attached hydrogens (tertiary/aromatic N) is 7. The van der Waals surface area contributed by atoms with Crippen LogP contribution in [0.3, 0.4) is 0 Å². The highest BCUT2D eigenvalue weighted by molar-refractivity contribution is 5.85. The Morgan fingerprint density at radius 2 is 1.74 bits per heavy atom. The van der Waals surface area contributed by atoms with E-state index < -0.39 is 24.1 Å². The first kappa shape index (κ1) is 24.1. The molecule has 1 fully saturated rings. The molecule has 0 aromatic carbocycles. The predicted molar refractivity (Wildman–Crippen MR) is 117 cm³/mol. The average molecular weight is 481 g/mol. The van der Waals surface area contributed by atoms with Crippen LogP contribution < -0.4 is 0 Å². The molecule has 1 amide bonds. The molecule has 8 nitrogen and oxygen atoms in total. The number of alkyl halides is 4. The van der Waals surface area contributed by atoms with Gasteiger partial charge in [0.05, 0.1) is 16.8 Å². The van der Waals surface area contributed by atoms with Crippen LogP contribution in [0, 0.1) is 13.8 Å². The summed E-state index contributed by atoms with van der Waals surface area (Å²) in [6.07, 6.45) is -3.94. The molecule has 3 aromatic heterocycles. The predicted octanol–water partition coefficient (Wildman–Crippen LogP) is 3.48. The van der Waals surface area contributed by atoms with E-state index in [1.54, 1.807) is 4.90 Å². The zero-order valence-corrected chi connectivity index (χ0v) is 19.3. The van der Waals surface area contributed by atoms with E-state index in [1.807, 2.05) is 24.7 Å². The van der Waals surface area contributed by atoms with E-state index in [4.69, 9.17) is 0 Å².